The molecule has 0 radical (unpaired) electrons. The summed E-state index contributed by atoms with van der Waals surface area (Å²) in [6, 6.07) is 0. The molecular formula is C11H18N2O2. The fraction of sp³-hybridized carbons (Fsp3) is 0.727. The molecule has 2 rings (SSSR count). The van der Waals surface area contributed by atoms with Crippen LogP contribution in [0.25, 0.3) is 0 Å². The highest BCUT2D eigenvalue weighted by atomic mass is 16.4. The molecule has 2 N–H and O–H groups in total. The van der Waals surface area contributed by atoms with E-state index in [1.54, 1.807) is 0 Å². The van der Waals surface area contributed by atoms with Crippen molar-refractivity contribution in [3.63, 3.8) is 0 Å². The third-order valence-electron chi connectivity index (χ3n) is 3.09. The van der Waals surface area contributed by atoms with Crippen LogP contribution in [0.1, 0.15) is 36.6 Å². The maximum atomic E-state index is 9.83. The number of aromatic nitrogens is 1. The largest absolute Gasteiger partial charge is 0.444 e. The lowest BCUT2D eigenvalue weighted by molar-refractivity contribution is -0.0317. The van der Waals surface area contributed by atoms with Gasteiger partial charge in [-0.1, -0.05) is 0 Å². The summed E-state index contributed by atoms with van der Waals surface area (Å²) in [5.41, 5.74) is 0.464. The molecule has 1 fully saturated rings. The number of aliphatic hydroxyl groups is 1. The van der Waals surface area contributed by atoms with Crippen molar-refractivity contribution < 1.29 is 9.52 Å². The third kappa shape index (κ3) is 2.38. The smallest absolute Gasteiger partial charge is 0.208 e. The van der Waals surface area contributed by atoms with Crippen molar-refractivity contribution >= 4 is 0 Å². The number of rotatable bonds is 4. The van der Waals surface area contributed by atoms with Gasteiger partial charge in [0.1, 0.15) is 5.76 Å². The Bertz CT molecular complexity index is 323. The molecule has 0 aliphatic heterocycles. The first-order valence-electron chi connectivity index (χ1n) is 5.45. The van der Waals surface area contributed by atoms with Gasteiger partial charge in [0.2, 0.25) is 5.89 Å². The average Bonchev–Trinajstić information content (AvgIpc) is 2.43. The highest BCUT2D eigenvalue weighted by Gasteiger charge is 2.33. The monoisotopic (exact) mass is 210 g/mol. The van der Waals surface area contributed by atoms with E-state index in [1.807, 2.05) is 13.8 Å². The summed E-state index contributed by atoms with van der Waals surface area (Å²) in [6.07, 6.45) is 2.95. The molecule has 0 amide bonds. The van der Waals surface area contributed by atoms with Crippen molar-refractivity contribution in [3.05, 3.63) is 17.3 Å². The highest BCUT2D eigenvalue weighted by Crippen LogP contribution is 2.30. The van der Waals surface area contributed by atoms with Crippen molar-refractivity contribution in [3.8, 4) is 0 Å². The zero-order chi connectivity index (χ0) is 10.9. The Balaban J connectivity index is 1.78. The van der Waals surface area contributed by atoms with E-state index in [0.29, 0.717) is 19.0 Å². The Morgan fingerprint density at radius 3 is 2.67 bits per heavy atom. The van der Waals surface area contributed by atoms with Crippen LogP contribution >= 0.6 is 0 Å². The molecule has 1 saturated carbocycles. The number of hydrogen-bond donors (Lipinski definition) is 2. The van der Waals surface area contributed by atoms with Crippen LogP contribution in [-0.2, 0) is 6.54 Å². The molecule has 4 nitrogen and oxygen atoms in total. The minimum atomic E-state index is -0.476. The Kier molecular flexibility index (Phi) is 2.80. The predicted octanol–water partition coefficient (Wildman–Crippen LogP) is 1.30. The van der Waals surface area contributed by atoms with Gasteiger partial charge in [-0.2, -0.15) is 0 Å². The number of oxazole rings is 1. The number of nitrogens with one attached hydrogen (secondary N) is 1. The fourth-order valence-corrected chi connectivity index (χ4v) is 1.78. The van der Waals surface area contributed by atoms with Gasteiger partial charge >= 0.3 is 0 Å². The molecular weight excluding hydrogens is 192 g/mol. The van der Waals surface area contributed by atoms with Gasteiger partial charge in [0, 0.05) is 6.54 Å². The standard InChI is InChI=1S/C11H18N2O2/c1-8-9(2)15-10(13-8)6-12-7-11(14)4-3-5-11/h12,14H,3-7H2,1-2H3. The molecule has 0 unspecified atom stereocenters. The lowest BCUT2D eigenvalue weighted by Crippen LogP contribution is -2.46. The van der Waals surface area contributed by atoms with Crippen LogP contribution in [0.5, 0.6) is 0 Å². The summed E-state index contributed by atoms with van der Waals surface area (Å²) in [7, 11) is 0. The Labute approximate surface area is 89.7 Å². The Morgan fingerprint density at radius 2 is 2.20 bits per heavy atom. The maximum Gasteiger partial charge on any atom is 0.208 e. The van der Waals surface area contributed by atoms with Crippen molar-refractivity contribution in [2.75, 3.05) is 6.54 Å². The van der Waals surface area contributed by atoms with E-state index < -0.39 is 5.60 Å². The molecule has 0 spiro atoms. The summed E-state index contributed by atoms with van der Waals surface area (Å²) in [5.74, 6) is 1.57. The van der Waals surface area contributed by atoms with Gasteiger partial charge in [-0.05, 0) is 33.1 Å². The fourth-order valence-electron chi connectivity index (χ4n) is 1.78. The first-order valence-corrected chi connectivity index (χ1v) is 5.45. The second-order valence-electron chi connectivity index (χ2n) is 4.43. The van der Waals surface area contributed by atoms with Gasteiger partial charge in [-0.25, -0.2) is 4.98 Å². The number of aryl methyl sites for hydroxylation is 2. The molecule has 1 aromatic rings. The second kappa shape index (κ2) is 3.94. The zero-order valence-corrected chi connectivity index (χ0v) is 9.34. The zero-order valence-electron chi connectivity index (χ0n) is 9.34. The van der Waals surface area contributed by atoms with Crippen LogP contribution < -0.4 is 5.32 Å². The number of nitrogens with zero attached hydrogens (tertiary/aromatic N) is 1. The SMILES string of the molecule is Cc1nc(CNCC2(O)CCC2)oc1C. The summed E-state index contributed by atoms with van der Waals surface area (Å²) in [6.45, 7) is 5.07. The van der Waals surface area contributed by atoms with Crippen molar-refractivity contribution in [1.29, 1.82) is 0 Å². The van der Waals surface area contributed by atoms with Gasteiger partial charge in [-0.15, -0.1) is 0 Å². The topological polar surface area (TPSA) is 58.3 Å². The molecule has 0 atom stereocenters. The van der Waals surface area contributed by atoms with Crippen LogP contribution in [0, 0.1) is 13.8 Å². The highest BCUT2D eigenvalue weighted by molar-refractivity contribution is 5.05. The second-order valence-corrected chi connectivity index (χ2v) is 4.43. The van der Waals surface area contributed by atoms with Crippen LogP contribution in [-0.4, -0.2) is 22.2 Å². The molecule has 4 heteroatoms. The third-order valence-corrected chi connectivity index (χ3v) is 3.09. The van der Waals surface area contributed by atoms with Crippen LogP contribution in [0.3, 0.4) is 0 Å². The number of hydrogen-bond acceptors (Lipinski definition) is 4. The van der Waals surface area contributed by atoms with Crippen molar-refractivity contribution in [1.82, 2.24) is 10.3 Å². The van der Waals surface area contributed by atoms with E-state index in [1.165, 1.54) is 0 Å². The van der Waals surface area contributed by atoms with E-state index in [9.17, 15) is 5.11 Å². The van der Waals surface area contributed by atoms with Gasteiger partial charge in [0.05, 0.1) is 17.8 Å². The summed E-state index contributed by atoms with van der Waals surface area (Å²) in [5, 5.41) is 13.0. The van der Waals surface area contributed by atoms with Gasteiger partial charge in [-0.3, -0.25) is 0 Å². The minimum Gasteiger partial charge on any atom is -0.444 e. The van der Waals surface area contributed by atoms with E-state index in [0.717, 1.165) is 30.7 Å². The lowest BCUT2D eigenvalue weighted by Gasteiger charge is -2.36. The van der Waals surface area contributed by atoms with Gasteiger partial charge in [0.15, 0.2) is 0 Å². The molecule has 0 saturated heterocycles. The molecule has 1 aromatic heterocycles. The summed E-state index contributed by atoms with van der Waals surface area (Å²) in [4.78, 5) is 4.26. The Hall–Kier alpha value is -0.870. The average molecular weight is 210 g/mol. The Morgan fingerprint density at radius 1 is 1.47 bits per heavy atom. The van der Waals surface area contributed by atoms with Crippen LogP contribution in [0.2, 0.25) is 0 Å². The van der Waals surface area contributed by atoms with E-state index >= 15 is 0 Å². The van der Waals surface area contributed by atoms with Crippen molar-refractivity contribution in [2.24, 2.45) is 0 Å². The maximum absolute atomic E-state index is 9.83. The normalized spacial score (nSPS) is 18.9. The molecule has 84 valence electrons. The quantitative estimate of drug-likeness (QED) is 0.786. The van der Waals surface area contributed by atoms with Crippen LogP contribution in [0.4, 0.5) is 0 Å². The molecule has 1 aliphatic rings. The van der Waals surface area contributed by atoms with Gasteiger partial charge in [0.25, 0.3) is 0 Å². The lowest BCUT2D eigenvalue weighted by atomic mass is 9.80. The molecule has 1 heterocycles. The van der Waals surface area contributed by atoms with E-state index in [-0.39, 0.29) is 0 Å². The summed E-state index contributed by atoms with van der Waals surface area (Å²) < 4.78 is 5.43. The predicted molar refractivity (Wildman–Crippen MR) is 56.5 cm³/mol. The first-order chi connectivity index (χ1) is 7.09. The van der Waals surface area contributed by atoms with Crippen molar-refractivity contribution in [2.45, 2.75) is 45.3 Å². The van der Waals surface area contributed by atoms with Gasteiger partial charge < -0.3 is 14.8 Å². The van der Waals surface area contributed by atoms with Crippen LogP contribution in [0.15, 0.2) is 4.42 Å². The minimum absolute atomic E-state index is 0.476. The van der Waals surface area contributed by atoms with E-state index in [4.69, 9.17) is 4.42 Å². The molecule has 0 aromatic carbocycles. The first kappa shape index (κ1) is 10.6. The summed E-state index contributed by atoms with van der Waals surface area (Å²) >= 11 is 0. The van der Waals surface area contributed by atoms with E-state index in [2.05, 4.69) is 10.3 Å². The molecule has 1 aliphatic carbocycles. The molecule has 0 bridgehead atoms. The molecule has 15 heavy (non-hydrogen) atoms.